The molecule has 0 aliphatic carbocycles. The molecule has 0 unspecified atom stereocenters. The minimum Gasteiger partial charge on any atom is -0.483 e. The molecule has 1 atom stereocenters. The molecule has 0 fully saturated rings. The van der Waals surface area contributed by atoms with E-state index in [1.165, 1.54) is 18.3 Å². The van der Waals surface area contributed by atoms with Crippen LogP contribution in [-0.4, -0.2) is 16.9 Å². The molecule has 0 saturated carbocycles. The van der Waals surface area contributed by atoms with Gasteiger partial charge in [0, 0.05) is 16.8 Å². The molecular formula is C17H15NO4S. The minimum absolute atomic E-state index is 0.0687. The number of aryl methyl sites for hydroxylation is 1. The second-order valence-electron chi connectivity index (χ2n) is 5.27. The Bertz CT molecular complexity index is 941. The van der Waals surface area contributed by atoms with Crippen LogP contribution in [-0.2, 0) is 4.79 Å². The van der Waals surface area contributed by atoms with E-state index in [-0.39, 0.29) is 5.78 Å². The molecule has 0 spiro atoms. The van der Waals surface area contributed by atoms with Crippen LogP contribution in [0.15, 0.2) is 38.9 Å². The molecular weight excluding hydrogens is 314 g/mol. The van der Waals surface area contributed by atoms with E-state index in [1.54, 1.807) is 31.2 Å². The molecule has 0 saturated heterocycles. The van der Waals surface area contributed by atoms with E-state index >= 15 is 0 Å². The average molecular weight is 329 g/mol. The highest BCUT2D eigenvalue weighted by Gasteiger charge is 2.13. The number of ketones is 1. The lowest BCUT2D eigenvalue weighted by Gasteiger charge is -2.11. The van der Waals surface area contributed by atoms with Gasteiger partial charge in [0.25, 0.3) is 0 Å². The van der Waals surface area contributed by atoms with E-state index in [0.29, 0.717) is 22.6 Å². The van der Waals surface area contributed by atoms with Gasteiger partial charge in [-0.2, -0.15) is 0 Å². The summed E-state index contributed by atoms with van der Waals surface area (Å²) in [6.45, 7) is 5.03. The highest BCUT2D eigenvalue weighted by molar-refractivity contribution is 7.09. The van der Waals surface area contributed by atoms with Crippen molar-refractivity contribution in [2.75, 3.05) is 0 Å². The fraction of sp³-hybridized carbons (Fsp3) is 0.235. The van der Waals surface area contributed by atoms with E-state index in [9.17, 15) is 9.59 Å². The van der Waals surface area contributed by atoms with Gasteiger partial charge in [-0.25, -0.2) is 9.78 Å². The van der Waals surface area contributed by atoms with E-state index < -0.39 is 11.7 Å². The fourth-order valence-corrected chi connectivity index (χ4v) is 2.73. The maximum absolute atomic E-state index is 12.2. The average Bonchev–Trinajstić information content (AvgIpc) is 2.92. The maximum Gasteiger partial charge on any atom is 0.345 e. The Morgan fingerprint density at radius 1 is 1.35 bits per heavy atom. The molecule has 5 nitrogen and oxygen atoms in total. The van der Waals surface area contributed by atoms with E-state index in [2.05, 4.69) is 4.98 Å². The lowest BCUT2D eigenvalue weighted by atomic mass is 10.1. The zero-order valence-corrected chi connectivity index (χ0v) is 13.8. The Labute approximate surface area is 136 Å². The zero-order chi connectivity index (χ0) is 16.6. The Kier molecular flexibility index (Phi) is 4.00. The van der Waals surface area contributed by atoms with Crippen molar-refractivity contribution in [1.82, 2.24) is 4.98 Å². The number of aromatic nitrogens is 1. The van der Waals surface area contributed by atoms with Crippen LogP contribution in [0.4, 0.5) is 0 Å². The molecule has 0 amide bonds. The number of ether oxygens (including phenoxy) is 1. The third kappa shape index (κ3) is 3.17. The van der Waals surface area contributed by atoms with Crippen molar-refractivity contribution in [3.63, 3.8) is 0 Å². The third-order valence-corrected chi connectivity index (χ3v) is 4.26. The van der Waals surface area contributed by atoms with Crippen LogP contribution < -0.4 is 10.4 Å². The topological polar surface area (TPSA) is 69.4 Å². The van der Waals surface area contributed by atoms with Gasteiger partial charge in [0.1, 0.15) is 11.3 Å². The molecule has 0 N–H and O–H groups in total. The number of rotatable bonds is 4. The molecule has 0 aliphatic rings. The smallest absolute Gasteiger partial charge is 0.345 e. The van der Waals surface area contributed by atoms with Crippen LogP contribution in [0.2, 0.25) is 0 Å². The second kappa shape index (κ2) is 5.96. The summed E-state index contributed by atoms with van der Waals surface area (Å²) in [5, 5.41) is 3.49. The first-order valence-electron chi connectivity index (χ1n) is 7.11. The number of Topliss-reactive ketones (excluding diaryl/α,β-unsaturated/α-hetero) is 1. The largest absolute Gasteiger partial charge is 0.483 e. The predicted molar refractivity (Wildman–Crippen MR) is 89.1 cm³/mol. The number of carbonyl (C=O) groups is 1. The summed E-state index contributed by atoms with van der Waals surface area (Å²) in [6, 6.07) is 6.92. The first-order chi connectivity index (χ1) is 10.9. The summed E-state index contributed by atoms with van der Waals surface area (Å²) < 4.78 is 10.9. The lowest BCUT2D eigenvalue weighted by molar-refractivity contribution is -0.122. The van der Waals surface area contributed by atoms with Crippen LogP contribution in [0, 0.1) is 6.92 Å². The van der Waals surface area contributed by atoms with Crippen LogP contribution in [0.1, 0.15) is 18.9 Å². The Hall–Kier alpha value is -2.47. The van der Waals surface area contributed by atoms with Crippen LogP contribution in [0.25, 0.3) is 22.2 Å². The Morgan fingerprint density at radius 2 is 2.13 bits per heavy atom. The highest BCUT2D eigenvalue weighted by atomic mass is 32.1. The first-order valence-corrected chi connectivity index (χ1v) is 7.99. The van der Waals surface area contributed by atoms with Gasteiger partial charge in [-0.05, 0) is 39.0 Å². The van der Waals surface area contributed by atoms with Crippen LogP contribution >= 0.6 is 11.3 Å². The number of thiazole rings is 1. The molecule has 3 rings (SSSR count). The molecule has 23 heavy (non-hydrogen) atoms. The van der Waals surface area contributed by atoms with E-state index in [1.807, 2.05) is 12.3 Å². The normalized spacial score (nSPS) is 12.3. The van der Waals surface area contributed by atoms with Crippen molar-refractivity contribution >= 4 is 28.1 Å². The van der Waals surface area contributed by atoms with Gasteiger partial charge in [-0.15, -0.1) is 11.3 Å². The molecule has 2 aromatic heterocycles. The molecule has 2 heterocycles. The number of hydrogen-bond acceptors (Lipinski definition) is 6. The standard InChI is InChI=1S/C17H15NO4S/c1-9(19)10(2)21-13-5-4-12-6-14(15-8-23-11(3)18-15)17(20)22-16(12)7-13/h4-8,10H,1-3H3/t10-/m1/s1. The molecule has 0 radical (unpaired) electrons. The van der Waals surface area contributed by atoms with Gasteiger partial charge in [0.2, 0.25) is 0 Å². The summed E-state index contributed by atoms with van der Waals surface area (Å²) in [5.74, 6) is 0.418. The lowest BCUT2D eigenvalue weighted by Crippen LogP contribution is -2.20. The second-order valence-corrected chi connectivity index (χ2v) is 6.33. The summed E-state index contributed by atoms with van der Waals surface area (Å²) >= 11 is 1.48. The van der Waals surface area contributed by atoms with Crippen LogP contribution in [0.3, 0.4) is 0 Å². The van der Waals surface area contributed by atoms with Gasteiger partial charge >= 0.3 is 5.63 Å². The van der Waals surface area contributed by atoms with Gasteiger partial charge in [-0.3, -0.25) is 4.79 Å². The summed E-state index contributed by atoms with van der Waals surface area (Å²) in [5.41, 5.74) is 1.03. The Morgan fingerprint density at radius 3 is 2.78 bits per heavy atom. The van der Waals surface area contributed by atoms with E-state index in [0.717, 1.165) is 10.4 Å². The SMILES string of the molecule is CC(=O)[C@@H](C)Oc1ccc2cc(-c3csc(C)n3)c(=O)oc2c1. The molecule has 1 aromatic carbocycles. The van der Waals surface area contributed by atoms with Crippen molar-refractivity contribution < 1.29 is 13.9 Å². The van der Waals surface area contributed by atoms with Gasteiger partial charge in [-0.1, -0.05) is 0 Å². The third-order valence-electron chi connectivity index (χ3n) is 3.49. The van der Waals surface area contributed by atoms with Crippen molar-refractivity contribution in [2.45, 2.75) is 26.9 Å². The fourth-order valence-electron chi connectivity index (χ4n) is 2.12. The van der Waals surface area contributed by atoms with E-state index in [4.69, 9.17) is 9.15 Å². The molecule has 6 heteroatoms. The monoisotopic (exact) mass is 329 g/mol. The summed E-state index contributed by atoms with van der Waals surface area (Å²) in [6.07, 6.45) is -0.545. The number of fused-ring (bicyclic) bond motifs is 1. The zero-order valence-electron chi connectivity index (χ0n) is 13.0. The number of carbonyl (C=O) groups excluding carboxylic acids is 1. The molecule has 0 bridgehead atoms. The Balaban J connectivity index is 2.02. The highest BCUT2D eigenvalue weighted by Crippen LogP contribution is 2.25. The van der Waals surface area contributed by atoms with Gasteiger partial charge in [0.05, 0.1) is 16.3 Å². The molecule has 0 aliphatic heterocycles. The van der Waals surface area contributed by atoms with Gasteiger partial charge in [0.15, 0.2) is 11.9 Å². The quantitative estimate of drug-likeness (QED) is 0.684. The summed E-state index contributed by atoms with van der Waals surface area (Å²) in [7, 11) is 0. The summed E-state index contributed by atoms with van der Waals surface area (Å²) in [4.78, 5) is 27.8. The van der Waals surface area contributed by atoms with Gasteiger partial charge < -0.3 is 9.15 Å². The number of hydrogen-bond donors (Lipinski definition) is 0. The minimum atomic E-state index is -0.545. The van der Waals surface area contributed by atoms with Crippen molar-refractivity contribution in [3.8, 4) is 17.0 Å². The molecule has 118 valence electrons. The number of benzene rings is 1. The van der Waals surface area contributed by atoms with Crippen molar-refractivity contribution in [2.24, 2.45) is 0 Å². The predicted octanol–water partition coefficient (Wildman–Crippen LogP) is 3.58. The van der Waals surface area contributed by atoms with Crippen molar-refractivity contribution in [3.05, 3.63) is 45.1 Å². The van der Waals surface area contributed by atoms with Crippen LogP contribution in [0.5, 0.6) is 5.75 Å². The molecule has 3 aromatic rings. The maximum atomic E-state index is 12.2. The number of nitrogens with zero attached hydrogens (tertiary/aromatic N) is 1. The van der Waals surface area contributed by atoms with Crippen molar-refractivity contribution in [1.29, 1.82) is 0 Å². The first kappa shape index (κ1) is 15.4.